The number of likely N-dealkylation sites (N-methyl/N-ethyl adjacent to an activating group) is 1. The van der Waals surface area contributed by atoms with Crippen LogP contribution in [-0.2, 0) is 16.6 Å². The lowest BCUT2D eigenvalue weighted by molar-refractivity contribution is 0.645. The number of hydrogen-bond acceptors (Lipinski definition) is 7. The van der Waals surface area contributed by atoms with Crippen LogP contribution in [0, 0.1) is 10.8 Å². The summed E-state index contributed by atoms with van der Waals surface area (Å²) in [4.78, 5) is 8.32. The minimum atomic E-state index is -0.338. The van der Waals surface area contributed by atoms with Crippen LogP contribution in [-0.4, -0.2) is 28.6 Å². The lowest BCUT2D eigenvalue weighted by Crippen LogP contribution is -2.28. The third-order valence-corrected chi connectivity index (χ3v) is 14.7. The minimum Gasteiger partial charge on any atom is -0.347 e. The Morgan fingerprint density at radius 3 is 2.33 bits per heavy atom. The maximum atomic E-state index is 9.21. The van der Waals surface area contributed by atoms with Gasteiger partial charge in [0.1, 0.15) is 8.75 Å². The fraction of sp³-hybridized carbons (Fsp3) is 0.235. The summed E-state index contributed by atoms with van der Waals surface area (Å²) in [7, 11) is 4.07. The van der Waals surface area contributed by atoms with Crippen LogP contribution in [0.4, 0.5) is 5.69 Å². The molecule has 5 aromatic carbocycles. The zero-order valence-corrected chi connectivity index (χ0v) is 36.8. The molecule has 0 atom stereocenters. The summed E-state index contributed by atoms with van der Waals surface area (Å²) in [6.45, 7) is 13.1. The number of anilines is 1. The molecule has 0 aromatic heterocycles. The molecular weight excluding hydrogens is 765 g/mol. The van der Waals surface area contributed by atoms with Gasteiger partial charge in [-0.15, -0.1) is 0 Å². The number of nitrogens with one attached hydrogen (secondary N) is 2. The summed E-state index contributed by atoms with van der Waals surface area (Å²) in [5.74, 6) is 0.674. The van der Waals surface area contributed by atoms with Crippen LogP contribution in [0.1, 0.15) is 69.2 Å². The van der Waals surface area contributed by atoms with Crippen LogP contribution in [0.25, 0.3) is 27.6 Å². The molecule has 0 saturated heterocycles. The highest BCUT2D eigenvalue weighted by molar-refractivity contribution is 8.54. The number of thioether (sulfide) groups is 3. The Hall–Kier alpha value is -4.82. The second-order valence-corrected chi connectivity index (χ2v) is 19.5. The average molecular weight is 817 g/mol. The number of aliphatic imine (C=N–C) groups is 1. The zero-order valence-electron chi connectivity index (χ0n) is 34.4. The molecule has 1 aliphatic carbocycles. The molecule has 0 bridgehead atoms. The Balaban J connectivity index is 1.22. The first-order valence-corrected chi connectivity index (χ1v) is 22.5. The Kier molecular flexibility index (Phi) is 12.5. The van der Waals surface area contributed by atoms with Gasteiger partial charge in [0, 0.05) is 52.7 Å². The van der Waals surface area contributed by atoms with E-state index in [1.165, 1.54) is 90.5 Å². The van der Waals surface area contributed by atoms with Crippen molar-refractivity contribution in [3.8, 4) is 0 Å². The smallest absolute Gasteiger partial charge is 0.133 e. The summed E-state index contributed by atoms with van der Waals surface area (Å²) >= 11 is 4.18. The average Bonchev–Trinajstić information content (AvgIpc) is 3.43. The van der Waals surface area contributed by atoms with E-state index < -0.39 is 0 Å². The summed E-state index contributed by atoms with van der Waals surface area (Å²) in [5.41, 5.74) is 10.2. The Bertz CT molecular complexity index is 2580. The largest absolute Gasteiger partial charge is 0.347 e. The van der Waals surface area contributed by atoms with E-state index in [2.05, 4.69) is 162 Å². The van der Waals surface area contributed by atoms with Crippen LogP contribution in [0.15, 0.2) is 161 Å². The molecule has 2 N–H and O–H groups in total. The van der Waals surface area contributed by atoms with Crippen molar-refractivity contribution in [3.63, 3.8) is 0 Å². The molecule has 58 heavy (non-hydrogen) atoms. The fourth-order valence-corrected chi connectivity index (χ4v) is 11.5. The van der Waals surface area contributed by atoms with Gasteiger partial charge in [-0.3, -0.25) is 15.8 Å². The standard InChI is InChI=1S/C51H52N4S3/c1-8-34-16-13-17-35(32-34)33-56-48(52)58-49(53)57-47-38(27-30-44(54-6)50(2,3)42-25-15-20-36-18-9-11-23-40(36)42)21-14-22-39(47)28-31-45-51(4,5)46-41-24-12-10-19-37(41)26-29-43(46)55(45)7/h8-13,15-20,23-32,52-53H,1,14,21-22,33H2,2-7H3/b30-27+,39-28+,45-31+,52-48?,53-49?,54-44?. The monoisotopic (exact) mass is 816 g/mol. The van der Waals surface area contributed by atoms with E-state index in [0.29, 0.717) is 14.5 Å². The molecule has 0 fully saturated rings. The van der Waals surface area contributed by atoms with Gasteiger partial charge in [-0.05, 0) is 104 Å². The normalized spacial score (nSPS) is 17.2. The molecule has 7 rings (SSSR count). The van der Waals surface area contributed by atoms with E-state index in [1.54, 1.807) is 0 Å². The van der Waals surface area contributed by atoms with Crippen LogP contribution in [0.2, 0.25) is 0 Å². The van der Waals surface area contributed by atoms with Crippen molar-refractivity contribution in [2.75, 3.05) is 19.0 Å². The number of fused-ring (bicyclic) bond motifs is 4. The van der Waals surface area contributed by atoms with Gasteiger partial charge in [0.2, 0.25) is 0 Å². The highest BCUT2D eigenvalue weighted by atomic mass is 32.2. The number of rotatable bonds is 9. The summed E-state index contributed by atoms with van der Waals surface area (Å²) in [5, 5.41) is 23.0. The SMILES string of the molecule is C=Cc1cccc(CSC(=N)SC(=N)SC2=C(/C=C/C(=NC)C(C)(C)c3cccc4ccccc34)CCC/C2=C\C=C2\N(C)c3ccc4ccccc4c3C2(C)C)c1. The highest BCUT2D eigenvalue weighted by Gasteiger charge is 2.39. The molecule has 2 aliphatic rings. The predicted molar refractivity (Wildman–Crippen MR) is 260 cm³/mol. The van der Waals surface area contributed by atoms with Gasteiger partial charge in [0.25, 0.3) is 0 Å². The van der Waals surface area contributed by atoms with Gasteiger partial charge in [-0.25, -0.2) is 0 Å². The summed E-state index contributed by atoms with van der Waals surface area (Å²) in [6.07, 6.45) is 13.7. The molecule has 0 saturated carbocycles. The van der Waals surface area contributed by atoms with Crippen LogP contribution in [0.5, 0.6) is 0 Å². The van der Waals surface area contributed by atoms with Crippen molar-refractivity contribution in [2.45, 2.75) is 63.5 Å². The van der Waals surface area contributed by atoms with Crippen LogP contribution >= 0.6 is 35.3 Å². The second kappa shape index (κ2) is 17.6. The van der Waals surface area contributed by atoms with Crippen molar-refractivity contribution in [3.05, 3.63) is 178 Å². The van der Waals surface area contributed by atoms with Gasteiger partial charge in [0.05, 0.1) is 0 Å². The molecule has 294 valence electrons. The van der Waals surface area contributed by atoms with Crippen molar-refractivity contribution >= 4 is 83.1 Å². The molecule has 7 heteroatoms. The third kappa shape index (κ3) is 8.49. The van der Waals surface area contributed by atoms with E-state index >= 15 is 0 Å². The molecule has 4 nitrogen and oxygen atoms in total. The molecule has 0 radical (unpaired) electrons. The van der Waals surface area contributed by atoms with Gasteiger partial charge in [-0.2, -0.15) is 0 Å². The fourth-order valence-electron chi connectivity index (χ4n) is 8.56. The maximum absolute atomic E-state index is 9.21. The molecule has 1 aliphatic heterocycles. The van der Waals surface area contributed by atoms with Crippen molar-refractivity contribution in [1.29, 1.82) is 10.8 Å². The van der Waals surface area contributed by atoms with Crippen LogP contribution in [0.3, 0.4) is 0 Å². The Morgan fingerprint density at radius 2 is 1.57 bits per heavy atom. The number of benzene rings is 5. The maximum Gasteiger partial charge on any atom is 0.133 e. The van der Waals surface area contributed by atoms with E-state index in [0.717, 1.165) is 41.0 Å². The molecule has 5 aromatic rings. The van der Waals surface area contributed by atoms with Gasteiger partial charge >= 0.3 is 0 Å². The quantitative estimate of drug-likeness (QED) is 0.115. The highest BCUT2D eigenvalue weighted by Crippen LogP contribution is 2.50. The van der Waals surface area contributed by atoms with E-state index in [9.17, 15) is 5.41 Å². The topological polar surface area (TPSA) is 63.3 Å². The molecular formula is C51H52N4S3. The number of hydrogen-bond donors (Lipinski definition) is 2. The van der Waals surface area contributed by atoms with Crippen molar-refractivity contribution < 1.29 is 0 Å². The predicted octanol–water partition coefficient (Wildman–Crippen LogP) is 14.5. The molecule has 0 spiro atoms. The number of allylic oxidation sites excluding steroid dienone is 7. The summed E-state index contributed by atoms with van der Waals surface area (Å²) in [6, 6.07) is 36.5. The first kappa shape index (κ1) is 41.3. The number of nitrogens with zero attached hydrogens (tertiary/aromatic N) is 2. The van der Waals surface area contributed by atoms with Crippen molar-refractivity contribution in [2.24, 2.45) is 4.99 Å². The zero-order chi connectivity index (χ0) is 41.0. The van der Waals surface area contributed by atoms with Gasteiger partial charge in [0.15, 0.2) is 0 Å². The van der Waals surface area contributed by atoms with Crippen LogP contribution < -0.4 is 4.90 Å². The first-order valence-electron chi connectivity index (χ1n) is 19.8. The first-order chi connectivity index (χ1) is 27.9. The Morgan fingerprint density at radius 1 is 0.862 bits per heavy atom. The van der Waals surface area contributed by atoms with Gasteiger partial charge < -0.3 is 4.90 Å². The van der Waals surface area contributed by atoms with E-state index in [1.807, 2.05) is 25.3 Å². The van der Waals surface area contributed by atoms with Gasteiger partial charge in [-0.1, -0.05) is 173 Å². The molecule has 0 amide bonds. The third-order valence-electron chi connectivity index (χ3n) is 11.5. The Labute approximate surface area is 357 Å². The van der Waals surface area contributed by atoms with Crippen molar-refractivity contribution in [1.82, 2.24) is 0 Å². The van der Waals surface area contributed by atoms with E-state index in [-0.39, 0.29) is 10.8 Å². The summed E-state index contributed by atoms with van der Waals surface area (Å²) < 4.78 is 0.815. The van der Waals surface area contributed by atoms with E-state index in [4.69, 9.17) is 10.4 Å². The lowest BCUT2D eigenvalue weighted by atomic mass is 9.77. The molecule has 0 unspecified atom stereocenters. The minimum absolute atomic E-state index is 0.198. The lowest BCUT2D eigenvalue weighted by Gasteiger charge is -2.28. The molecule has 1 heterocycles. The second-order valence-electron chi connectivity index (χ2n) is 15.9.